The molecule has 1 atom stereocenters. The van der Waals surface area contributed by atoms with E-state index in [1.165, 1.54) is 25.3 Å². The number of benzene rings is 2. The van der Waals surface area contributed by atoms with Crippen molar-refractivity contribution in [3.8, 4) is 11.1 Å². The highest BCUT2D eigenvalue weighted by molar-refractivity contribution is 5.64. The van der Waals surface area contributed by atoms with E-state index in [-0.39, 0.29) is 5.82 Å². The molecule has 0 radical (unpaired) electrons. The van der Waals surface area contributed by atoms with Gasteiger partial charge in [0.2, 0.25) is 0 Å². The first-order valence-corrected chi connectivity index (χ1v) is 8.86. The minimum atomic E-state index is -0.856. The number of rotatable bonds is 5. The van der Waals surface area contributed by atoms with Crippen molar-refractivity contribution in [1.82, 2.24) is 4.90 Å². The molecule has 2 nitrogen and oxygen atoms in total. The van der Waals surface area contributed by atoms with Crippen LogP contribution in [0.5, 0.6) is 0 Å². The van der Waals surface area contributed by atoms with Gasteiger partial charge in [0.25, 0.3) is 0 Å². The highest BCUT2D eigenvalue weighted by Gasteiger charge is 2.24. The predicted molar refractivity (Wildman–Crippen MR) is 96.3 cm³/mol. The van der Waals surface area contributed by atoms with Crippen molar-refractivity contribution in [2.45, 2.75) is 38.2 Å². The second-order valence-electron chi connectivity index (χ2n) is 6.98. The molecule has 2 aromatic rings. The van der Waals surface area contributed by atoms with Crippen LogP contribution in [0.4, 0.5) is 4.39 Å². The third kappa shape index (κ3) is 4.03. The number of piperidine rings is 1. The Hall–Kier alpha value is -1.71. The summed E-state index contributed by atoms with van der Waals surface area (Å²) in [5.74, 6) is -0.220. The average Bonchev–Trinajstić information content (AvgIpc) is 2.62. The molecular weight excluding hydrogens is 301 g/mol. The molecule has 1 N–H and O–H groups in total. The first-order chi connectivity index (χ1) is 11.6. The lowest BCUT2D eigenvalue weighted by Crippen LogP contribution is -2.34. The predicted octanol–water partition coefficient (Wildman–Crippen LogP) is 4.58. The molecule has 0 bridgehead atoms. The molecule has 0 aromatic heterocycles. The summed E-state index contributed by atoms with van der Waals surface area (Å²) >= 11 is 0. The first kappa shape index (κ1) is 17.1. The summed E-state index contributed by atoms with van der Waals surface area (Å²) < 4.78 is 13.9. The van der Waals surface area contributed by atoms with Gasteiger partial charge in [-0.05, 0) is 56.5 Å². The standard InChI is InChI=1S/C21H26FNO/c1-21(24,13-16-23-14-5-2-6-15-23)18-11-9-17(10-12-18)19-7-3-4-8-20(19)22/h3-4,7-12,24H,2,5-6,13-16H2,1H3. The van der Waals surface area contributed by atoms with Gasteiger partial charge in [-0.3, -0.25) is 0 Å². The van der Waals surface area contributed by atoms with Crippen LogP contribution in [0.25, 0.3) is 11.1 Å². The molecule has 1 heterocycles. The maximum Gasteiger partial charge on any atom is 0.131 e. The summed E-state index contributed by atoms with van der Waals surface area (Å²) in [5, 5.41) is 10.8. The van der Waals surface area contributed by atoms with Gasteiger partial charge in [0.15, 0.2) is 0 Å². The van der Waals surface area contributed by atoms with E-state index in [9.17, 15) is 9.50 Å². The molecule has 2 aromatic carbocycles. The second-order valence-corrected chi connectivity index (χ2v) is 6.98. The van der Waals surface area contributed by atoms with E-state index in [1.54, 1.807) is 12.1 Å². The molecule has 1 aliphatic heterocycles. The Bertz CT molecular complexity index is 660. The molecule has 128 valence electrons. The van der Waals surface area contributed by atoms with Crippen LogP contribution in [-0.2, 0) is 5.60 Å². The van der Waals surface area contributed by atoms with Gasteiger partial charge in [-0.2, -0.15) is 0 Å². The Labute approximate surface area is 143 Å². The van der Waals surface area contributed by atoms with E-state index in [0.29, 0.717) is 12.0 Å². The van der Waals surface area contributed by atoms with E-state index in [1.807, 2.05) is 37.3 Å². The van der Waals surface area contributed by atoms with Crippen LogP contribution < -0.4 is 0 Å². The molecule has 0 spiro atoms. The highest BCUT2D eigenvalue weighted by atomic mass is 19.1. The molecule has 24 heavy (non-hydrogen) atoms. The quantitative estimate of drug-likeness (QED) is 0.869. The number of halogens is 1. The molecule has 1 fully saturated rings. The van der Waals surface area contributed by atoms with E-state index in [4.69, 9.17) is 0 Å². The Morgan fingerprint density at radius 1 is 1.00 bits per heavy atom. The van der Waals surface area contributed by atoms with Gasteiger partial charge in [0.05, 0.1) is 5.60 Å². The van der Waals surface area contributed by atoms with E-state index < -0.39 is 5.60 Å². The van der Waals surface area contributed by atoms with Crippen molar-refractivity contribution in [2.24, 2.45) is 0 Å². The molecule has 3 heteroatoms. The SMILES string of the molecule is CC(O)(CCN1CCCCC1)c1ccc(-c2ccccc2F)cc1. The Kier molecular flexibility index (Phi) is 5.32. The minimum Gasteiger partial charge on any atom is -0.385 e. The van der Waals surface area contributed by atoms with Crippen molar-refractivity contribution in [2.75, 3.05) is 19.6 Å². The lowest BCUT2D eigenvalue weighted by Gasteiger charge is -2.31. The maximum absolute atomic E-state index is 13.9. The fraction of sp³-hybridized carbons (Fsp3) is 0.429. The Balaban J connectivity index is 1.68. The smallest absolute Gasteiger partial charge is 0.131 e. The molecular formula is C21H26FNO. The monoisotopic (exact) mass is 327 g/mol. The Morgan fingerprint density at radius 3 is 2.33 bits per heavy atom. The molecule has 1 unspecified atom stereocenters. The third-order valence-electron chi connectivity index (χ3n) is 5.06. The molecule has 0 aliphatic carbocycles. The summed E-state index contributed by atoms with van der Waals surface area (Å²) in [4.78, 5) is 2.44. The van der Waals surface area contributed by atoms with Crippen molar-refractivity contribution in [3.63, 3.8) is 0 Å². The molecule has 0 amide bonds. The fourth-order valence-electron chi connectivity index (χ4n) is 3.41. The average molecular weight is 327 g/mol. The van der Waals surface area contributed by atoms with Gasteiger partial charge in [-0.25, -0.2) is 4.39 Å². The van der Waals surface area contributed by atoms with Crippen molar-refractivity contribution in [1.29, 1.82) is 0 Å². The summed E-state index contributed by atoms with van der Waals surface area (Å²) in [6.45, 7) is 5.07. The third-order valence-corrected chi connectivity index (χ3v) is 5.06. The molecule has 3 rings (SSSR count). The summed E-state index contributed by atoms with van der Waals surface area (Å²) in [7, 11) is 0. The molecule has 1 saturated heterocycles. The van der Waals surface area contributed by atoms with Gasteiger partial charge in [-0.1, -0.05) is 48.9 Å². The lowest BCUT2D eigenvalue weighted by atomic mass is 9.90. The largest absolute Gasteiger partial charge is 0.385 e. The summed E-state index contributed by atoms with van der Waals surface area (Å²) in [6, 6.07) is 14.4. The van der Waals surface area contributed by atoms with E-state index in [2.05, 4.69) is 4.90 Å². The van der Waals surface area contributed by atoms with Crippen LogP contribution in [0.15, 0.2) is 48.5 Å². The van der Waals surface area contributed by atoms with Gasteiger partial charge in [0, 0.05) is 12.1 Å². The van der Waals surface area contributed by atoms with Crippen LogP contribution >= 0.6 is 0 Å². The molecule has 1 aliphatic rings. The van der Waals surface area contributed by atoms with E-state index >= 15 is 0 Å². The van der Waals surface area contributed by atoms with Crippen molar-refractivity contribution < 1.29 is 9.50 Å². The number of nitrogens with zero attached hydrogens (tertiary/aromatic N) is 1. The van der Waals surface area contributed by atoms with E-state index in [0.717, 1.165) is 30.8 Å². The summed E-state index contributed by atoms with van der Waals surface area (Å²) in [5.41, 5.74) is 1.46. The van der Waals surface area contributed by atoms with Gasteiger partial charge in [-0.15, -0.1) is 0 Å². The van der Waals surface area contributed by atoms with Crippen LogP contribution in [0, 0.1) is 5.82 Å². The van der Waals surface area contributed by atoms with Crippen molar-refractivity contribution in [3.05, 3.63) is 59.9 Å². The number of likely N-dealkylation sites (tertiary alicyclic amines) is 1. The topological polar surface area (TPSA) is 23.5 Å². The summed E-state index contributed by atoms with van der Waals surface area (Å²) in [6.07, 6.45) is 4.56. The highest BCUT2D eigenvalue weighted by Crippen LogP contribution is 2.29. The zero-order valence-electron chi connectivity index (χ0n) is 14.3. The normalized spacial score (nSPS) is 18.3. The zero-order valence-corrected chi connectivity index (χ0v) is 14.3. The lowest BCUT2D eigenvalue weighted by molar-refractivity contribution is 0.0337. The van der Waals surface area contributed by atoms with Crippen LogP contribution in [0.1, 0.15) is 38.2 Å². The molecule has 0 saturated carbocycles. The van der Waals surface area contributed by atoms with Crippen LogP contribution in [0.2, 0.25) is 0 Å². The fourth-order valence-corrected chi connectivity index (χ4v) is 3.41. The Morgan fingerprint density at radius 2 is 1.67 bits per heavy atom. The maximum atomic E-state index is 13.9. The van der Waals surface area contributed by atoms with Gasteiger partial charge < -0.3 is 10.0 Å². The van der Waals surface area contributed by atoms with Crippen molar-refractivity contribution >= 4 is 0 Å². The number of hydrogen-bond acceptors (Lipinski definition) is 2. The van der Waals surface area contributed by atoms with Crippen LogP contribution in [-0.4, -0.2) is 29.6 Å². The first-order valence-electron chi connectivity index (χ1n) is 8.86. The van der Waals surface area contributed by atoms with Gasteiger partial charge in [0.1, 0.15) is 5.82 Å². The minimum absolute atomic E-state index is 0.220. The number of hydrogen-bond donors (Lipinski definition) is 1. The zero-order chi connectivity index (χ0) is 17.0. The van der Waals surface area contributed by atoms with Gasteiger partial charge >= 0.3 is 0 Å². The number of aliphatic hydroxyl groups is 1. The van der Waals surface area contributed by atoms with Crippen LogP contribution in [0.3, 0.4) is 0 Å². The second kappa shape index (κ2) is 7.45.